The summed E-state index contributed by atoms with van der Waals surface area (Å²) < 4.78 is 1.73. The van der Waals surface area contributed by atoms with E-state index < -0.39 is 0 Å². The molecule has 2 bridgehead atoms. The lowest BCUT2D eigenvalue weighted by molar-refractivity contribution is 0.101. The molecule has 9 nitrogen and oxygen atoms in total. The van der Waals surface area contributed by atoms with Gasteiger partial charge in [-0.25, -0.2) is 4.79 Å². The second-order valence-corrected chi connectivity index (χ2v) is 9.04. The van der Waals surface area contributed by atoms with Gasteiger partial charge in [0.25, 0.3) is 11.5 Å². The Kier molecular flexibility index (Phi) is 5.90. The molecule has 4 heterocycles. The predicted molar refractivity (Wildman–Crippen MR) is 131 cm³/mol. The number of ketones is 1. The number of piperidine rings is 1. The minimum atomic E-state index is -0.361. The largest absolute Gasteiger partial charge is 0.324 e. The number of carbonyl (C=O) groups excluding carboxylic acids is 3. The van der Waals surface area contributed by atoms with Crippen molar-refractivity contribution in [1.29, 1.82) is 0 Å². The third-order valence-corrected chi connectivity index (χ3v) is 6.62. The molecule has 0 saturated carbocycles. The van der Waals surface area contributed by atoms with Crippen molar-refractivity contribution in [3.8, 4) is 0 Å². The summed E-state index contributed by atoms with van der Waals surface area (Å²) in [5, 5.41) is 5.62. The highest BCUT2D eigenvalue weighted by Crippen LogP contribution is 2.35. The third-order valence-electron chi connectivity index (χ3n) is 6.62. The first-order valence-corrected chi connectivity index (χ1v) is 11.5. The number of likely N-dealkylation sites (tertiary alicyclic amines) is 1. The highest BCUT2D eigenvalue weighted by Gasteiger charge is 2.36. The number of carbonyl (C=O) groups is 3. The van der Waals surface area contributed by atoms with E-state index in [-0.39, 0.29) is 40.8 Å². The van der Waals surface area contributed by atoms with Crippen LogP contribution >= 0.6 is 0 Å². The molecule has 0 spiro atoms. The zero-order valence-corrected chi connectivity index (χ0v) is 19.2. The average Bonchev–Trinajstić information content (AvgIpc) is 2.86. The lowest BCUT2D eigenvalue weighted by Gasteiger charge is -2.42. The third kappa shape index (κ3) is 4.57. The molecule has 2 aromatic heterocycles. The van der Waals surface area contributed by atoms with Crippen molar-refractivity contribution in [3.05, 3.63) is 88.1 Å². The van der Waals surface area contributed by atoms with Crippen molar-refractivity contribution in [1.82, 2.24) is 14.5 Å². The molecule has 1 fully saturated rings. The Bertz CT molecular complexity index is 1350. The van der Waals surface area contributed by atoms with Gasteiger partial charge in [-0.2, -0.15) is 0 Å². The van der Waals surface area contributed by atoms with Crippen molar-refractivity contribution >= 4 is 29.1 Å². The summed E-state index contributed by atoms with van der Waals surface area (Å²) >= 11 is 0. The molecule has 178 valence electrons. The molecule has 2 atom stereocenters. The van der Waals surface area contributed by atoms with Crippen LogP contribution in [0, 0.1) is 5.92 Å². The number of fused-ring (bicyclic) bond motifs is 4. The number of benzene rings is 1. The van der Waals surface area contributed by atoms with Crippen LogP contribution in [0.15, 0.2) is 65.7 Å². The number of rotatable bonds is 4. The van der Waals surface area contributed by atoms with Crippen LogP contribution in [-0.2, 0) is 6.54 Å². The summed E-state index contributed by atoms with van der Waals surface area (Å²) in [6, 6.07) is 13.3. The molecule has 0 unspecified atom stereocenters. The second-order valence-electron chi connectivity index (χ2n) is 9.04. The number of nitrogens with zero attached hydrogens (tertiary/aromatic N) is 3. The van der Waals surface area contributed by atoms with E-state index >= 15 is 0 Å². The van der Waals surface area contributed by atoms with Crippen LogP contribution in [0.4, 0.5) is 16.2 Å². The molecule has 0 radical (unpaired) electrons. The summed E-state index contributed by atoms with van der Waals surface area (Å²) in [4.78, 5) is 55.7. The Morgan fingerprint density at radius 1 is 0.886 bits per heavy atom. The quantitative estimate of drug-likeness (QED) is 0.567. The highest BCUT2D eigenvalue weighted by molar-refractivity contribution is 6.04. The molecule has 3 amide bonds. The zero-order chi connectivity index (χ0) is 24.5. The molecule has 2 N–H and O–H groups in total. The van der Waals surface area contributed by atoms with Crippen molar-refractivity contribution < 1.29 is 14.4 Å². The fourth-order valence-corrected chi connectivity index (χ4v) is 4.90. The first kappa shape index (κ1) is 22.5. The van der Waals surface area contributed by atoms with E-state index in [4.69, 9.17) is 0 Å². The number of anilines is 2. The van der Waals surface area contributed by atoms with Crippen LogP contribution < -0.4 is 16.2 Å². The maximum atomic E-state index is 13.2. The van der Waals surface area contributed by atoms with Crippen LogP contribution in [0.1, 0.15) is 45.7 Å². The fraction of sp³-hybridized carbons (Fsp3) is 0.269. The van der Waals surface area contributed by atoms with Gasteiger partial charge in [0, 0.05) is 60.5 Å². The van der Waals surface area contributed by atoms with Crippen molar-refractivity contribution in [3.63, 3.8) is 0 Å². The molecule has 2 aliphatic rings. The van der Waals surface area contributed by atoms with E-state index in [9.17, 15) is 19.2 Å². The molecule has 0 aliphatic carbocycles. The van der Waals surface area contributed by atoms with Gasteiger partial charge in [0.05, 0.1) is 0 Å². The molecule has 3 aromatic rings. The lowest BCUT2D eigenvalue weighted by Crippen LogP contribution is -2.50. The first-order chi connectivity index (χ1) is 16.9. The SMILES string of the molecule is CC(=O)c1ccc(NC(=O)N2C[C@H]3C[C@H](C2)c2ccc(NC(=O)c4ccncc4)c(=O)n2C3)cc1. The Morgan fingerprint density at radius 2 is 1.63 bits per heavy atom. The van der Waals surface area contributed by atoms with E-state index in [2.05, 4.69) is 15.6 Å². The monoisotopic (exact) mass is 471 g/mol. The highest BCUT2D eigenvalue weighted by atomic mass is 16.2. The van der Waals surface area contributed by atoms with Crippen molar-refractivity contribution in [2.24, 2.45) is 5.92 Å². The van der Waals surface area contributed by atoms with E-state index in [0.717, 1.165) is 12.1 Å². The Hall–Kier alpha value is -4.27. The molecule has 9 heteroatoms. The maximum absolute atomic E-state index is 13.2. The molecule has 1 aromatic carbocycles. The van der Waals surface area contributed by atoms with Gasteiger partial charge in [0.15, 0.2) is 5.78 Å². The Labute approximate surface area is 201 Å². The first-order valence-electron chi connectivity index (χ1n) is 11.5. The zero-order valence-electron chi connectivity index (χ0n) is 19.2. The topological polar surface area (TPSA) is 113 Å². The van der Waals surface area contributed by atoms with E-state index in [1.54, 1.807) is 51.9 Å². The van der Waals surface area contributed by atoms with E-state index in [1.807, 2.05) is 6.07 Å². The van der Waals surface area contributed by atoms with Gasteiger partial charge in [-0.05, 0) is 67.8 Å². The van der Waals surface area contributed by atoms with Gasteiger partial charge >= 0.3 is 6.03 Å². The normalized spacial score (nSPS) is 18.4. The molecule has 5 rings (SSSR count). The van der Waals surface area contributed by atoms with Crippen molar-refractivity contribution in [2.75, 3.05) is 23.7 Å². The number of Topliss-reactive ketones (excluding diaryl/α,β-unsaturated/α-hetero) is 1. The fourth-order valence-electron chi connectivity index (χ4n) is 4.90. The number of aromatic nitrogens is 2. The van der Waals surface area contributed by atoms with Gasteiger partial charge in [-0.3, -0.25) is 19.4 Å². The van der Waals surface area contributed by atoms with Crippen LogP contribution in [0.2, 0.25) is 0 Å². The number of hydrogen-bond donors (Lipinski definition) is 2. The van der Waals surface area contributed by atoms with Crippen LogP contribution in [0.25, 0.3) is 0 Å². The molecule has 35 heavy (non-hydrogen) atoms. The smallest absolute Gasteiger partial charge is 0.321 e. The van der Waals surface area contributed by atoms with Gasteiger partial charge in [0.1, 0.15) is 5.69 Å². The second kappa shape index (κ2) is 9.17. The van der Waals surface area contributed by atoms with Gasteiger partial charge in [-0.1, -0.05) is 0 Å². The molecular formula is C26H25N5O4. The molecular weight excluding hydrogens is 446 g/mol. The standard InChI is InChI=1S/C26H25N5O4/c1-16(32)18-2-4-21(5-3-18)28-26(35)30-13-17-12-20(15-30)23-7-6-22(25(34)31(23)14-17)29-24(33)19-8-10-27-11-9-19/h2-11,17,20H,12-15H2,1H3,(H,28,35)(H,29,33)/t17-,20-/m1/s1. The summed E-state index contributed by atoms with van der Waals surface area (Å²) in [6.45, 7) is 3.02. The van der Waals surface area contributed by atoms with Crippen LogP contribution in [-0.4, -0.2) is 45.3 Å². The van der Waals surface area contributed by atoms with E-state index in [1.165, 1.54) is 19.3 Å². The Morgan fingerprint density at radius 3 is 2.34 bits per heavy atom. The number of pyridine rings is 2. The van der Waals surface area contributed by atoms with Crippen LogP contribution in [0.3, 0.4) is 0 Å². The number of amides is 3. The molecule has 2 aliphatic heterocycles. The van der Waals surface area contributed by atoms with Gasteiger partial charge in [0.2, 0.25) is 0 Å². The number of urea groups is 1. The summed E-state index contributed by atoms with van der Waals surface area (Å²) in [6.07, 6.45) is 3.96. The molecule has 1 saturated heterocycles. The minimum Gasteiger partial charge on any atom is -0.324 e. The van der Waals surface area contributed by atoms with E-state index in [0.29, 0.717) is 36.4 Å². The minimum absolute atomic E-state index is 0.0271. The van der Waals surface area contributed by atoms with Crippen molar-refractivity contribution in [2.45, 2.75) is 25.8 Å². The van der Waals surface area contributed by atoms with Gasteiger partial charge < -0.3 is 20.1 Å². The maximum Gasteiger partial charge on any atom is 0.321 e. The summed E-state index contributed by atoms with van der Waals surface area (Å²) in [5.41, 5.74) is 2.52. The average molecular weight is 472 g/mol. The number of nitrogens with one attached hydrogen (secondary N) is 2. The summed E-state index contributed by atoms with van der Waals surface area (Å²) in [5.74, 6) is -0.220. The van der Waals surface area contributed by atoms with Crippen LogP contribution in [0.5, 0.6) is 0 Å². The lowest BCUT2D eigenvalue weighted by atomic mass is 9.83. The Balaban J connectivity index is 1.30. The van der Waals surface area contributed by atoms with Gasteiger partial charge in [-0.15, -0.1) is 0 Å². The number of hydrogen-bond acceptors (Lipinski definition) is 5. The predicted octanol–water partition coefficient (Wildman–Crippen LogP) is 3.35. The summed E-state index contributed by atoms with van der Waals surface area (Å²) in [7, 11) is 0.